The summed E-state index contributed by atoms with van der Waals surface area (Å²) in [5.41, 5.74) is -0.248. The second kappa shape index (κ2) is 20.5. The Hall–Kier alpha value is -0.280. The van der Waals surface area contributed by atoms with Crippen LogP contribution in [0.3, 0.4) is 0 Å². The van der Waals surface area contributed by atoms with E-state index in [4.69, 9.17) is 21.4 Å². The number of hydrogen-bond donors (Lipinski definition) is 1. The number of unbranched alkanes of at least 4 members (excludes halogenated alkanes) is 12. The van der Waals surface area contributed by atoms with Crippen molar-refractivity contribution >= 4 is 17.6 Å². The van der Waals surface area contributed by atoms with E-state index in [1.165, 1.54) is 77.0 Å². The SMILES string of the molecule is CCCCCCCCCCCCCCCC(CCCC(=O)O)OC(Cl)CC. The molecule has 0 spiro atoms. The van der Waals surface area contributed by atoms with Crippen LogP contribution in [0.15, 0.2) is 0 Å². The Morgan fingerprint density at radius 2 is 1.22 bits per heavy atom. The van der Waals surface area contributed by atoms with Gasteiger partial charge in [0.2, 0.25) is 0 Å². The Balaban J connectivity index is 3.56. The van der Waals surface area contributed by atoms with Gasteiger partial charge in [-0.1, -0.05) is 109 Å². The molecule has 0 heterocycles. The summed E-state index contributed by atoms with van der Waals surface area (Å²) < 4.78 is 5.86. The number of rotatable bonds is 21. The molecule has 0 aliphatic heterocycles. The molecule has 1 N–H and O–H groups in total. The zero-order valence-electron chi connectivity index (χ0n) is 18.0. The number of carboxylic acid groups (broad SMARTS) is 1. The molecule has 2 atom stereocenters. The maximum atomic E-state index is 10.7. The molecule has 0 fully saturated rings. The number of alkyl halides is 1. The van der Waals surface area contributed by atoms with Gasteiger partial charge >= 0.3 is 5.97 Å². The van der Waals surface area contributed by atoms with Gasteiger partial charge < -0.3 is 9.84 Å². The van der Waals surface area contributed by atoms with Crippen LogP contribution in [-0.4, -0.2) is 22.7 Å². The van der Waals surface area contributed by atoms with E-state index in [9.17, 15) is 4.79 Å². The average Bonchev–Trinajstić information content (AvgIpc) is 2.64. The number of carbonyl (C=O) groups is 1. The fraction of sp³-hybridized carbons (Fsp3) is 0.957. The van der Waals surface area contributed by atoms with E-state index in [-0.39, 0.29) is 18.1 Å². The van der Waals surface area contributed by atoms with E-state index in [1.807, 2.05) is 6.92 Å². The highest BCUT2D eigenvalue weighted by Gasteiger charge is 2.14. The van der Waals surface area contributed by atoms with Crippen LogP contribution in [0, 0.1) is 0 Å². The molecule has 0 aromatic rings. The Morgan fingerprint density at radius 3 is 1.67 bits per heavy atom. The zero-order chi connectivity index (χ0) is 20.2. The third kappa shape index (κ3) is 20.3. The lowest BCUT2D eigenvalue weighted by Crippen LogP contribution is -2.18. The summed E-state index contributed by atoms with van der Waals surface area (Å²) in [6.45, 7) is 4.28. The van der Waals surface area contributed by atoms with Crippen LogP contribution in [-0.2, 0) is 9.53 Å². The largest absolute Gasteiger partial charge is 0.481 e. The van der Waals surface area contributed by atoms with Crippen LogP contribution >= 0.6 is 11.6 Å². The second-order valence-corrected chi connectivity index (χ2v) is 8.38. The lowest BCUT2D eigenvalue weighted by molar-refractivity contribution is -0.137. The highest BCUT2D eigenvalue weighted by atomic mass is 35.5. The molecule has 162 valence electrons. The minimum Gasteiger partial charge on any atom is -0.481 e. The third-order valence-corrected chi connectivity index (χ3v) is 5.62. The molecule has 2 unspecified atom stereocenters. The normalized spacial score (nSPS) is 13.6. The van der Waals surface area contributed by atoms with Crippen molar-refractivity contribution in [3.8, 4) is 0 Å². The first-order valence-electron chi connectivity index (χ1n) is 11.6. The first-order valence-corrected chi connectivity index (χ1v) is 12.0. The van der Waals surface area contributed by atoms with Gasteiger partial charge in [-0.3, -0.25) is 4.79 Å². The van der Waals surface area contributed by atoms with Gasteiger partial charge in [0.1, 0.15) is 5.56 Å². The van der Waals surface area contributed by atoms with Gasteiger partial charge in [-0.25, -0.2) is 0 Å². The molecule has 0 bridgehead atoms. The summed E-state index contributed by atoms with van der Waals surface area (Å²) in [6, 6.07) is 0. The maximum absolute atomic E-state index is 10.7. The Labute approximate surface area is 173 Å². The van der Waals surface area contributed by atoms with Crippen molar-refractivity contribution in [1.29, 1.82) is 0 Å². The standard InChI is InChI=1S/C23H45ClO3/c1-3-5-6-7-8-9-10-11-12-13-14-15-16-18-21(27-22(24)4-2)19-17-20-23(25)26/h21-22H,3-20H2,1-2H3,(H,25,26). The summed E-state index contributed by atoms with van der Waals surface area (Å²) in [5, 5.41) is 8.79. The molecule has 0 aromatic heterocycles. The van der Waals surface area contributed by atoms with Crippen molar-refractivity contribution in [3.63, 3.8) is 0 Å². The monoisotopic (exact) mass is 404 g/mol. The van der Waals surface area contributed by atoms with Crippen LogP contribution in [0.2, 0.25) is 0 Å². The van der Waals surface area contributed by atoms with E-state index in [0.29, 0.717) is 6.42 Å². The van der Waals surface area contributed by atoms with Crippen LogP contribution in [0.4, 0.5) is 0 Å². The molecule has 0 amide bonds. The minimum atomic E-state index is -0.729. The van der Waals surface area contributed by atoms with Gasteiger partial charge in [0.25, 0.3) is 0 Å². The maximum Gasteiger partial charge on any atom is 0.303 e. The molecule has 0 aromatic carbocycles. The van der Waals surface area contributed by atoms with Crippen LogP contribution < -0.4 is 0 Å². The molecule has 27 heavy (non-hydrogen) atoms. The first-order chi connectivity index (χ1) is 13.1. The van der Waals surface area contributed by atoms with Gasteiger partial charge in [-0.15, -0.1) is 0 Å². The Bertz CT molecular complexity index is 323. The van der Waals surface area contributed by atoms with Crippen molar-refractivity contribution in [2.24, 2.45) is 0 Å². The van der Waals surface area contributed by atoms with E-state index in [0.717, 1.165) is 25.7 Å². The van der Waals surface area contributed by atoms with Crippen molar-refractivity contribution in [3.05, 3.63) is 0 Å². The number of aliphatic carboxylic acids is 1. The number of carboxylic acids is 1. The predicted octanol–water partition coefficient (Wildman–Crippen LogP) is 8.08. The lowest BCUT2D eigenvalue weighted by atomic mass is 10.0. The van der Waals surface area contributed by atoms with Crippen LogP contribution in [0.5, 0.6) is 0 Å². The van der Waals surface area contributed by atoms with Crippen molar-refractivity contribution in [2.75, 3.05) is 0 Å². The highest BCUT2D eigenvalue weighted by molar-refractivity contribution is 6.19. The van der Waals surface area contributed by atoms with Gasteiger partial charge in [-0.2, -0.15) is 0 Å². The topological polar surface area (TPSA) is 46.5 Å². The van der Waals surface area contributed by atoms with Gasteiger partial charge in [0, 0.05) is 6.42 Å². The van der Waals surface area contributed by atoms with E-state index in [1.54, 1.807) is 0 Å². The fourth-order valence-corrected chi connectivity index (χ4v) is 3.60. The summed E-state index contributed by atoms with van der Waals surface area (Å²) >= 11 is 6.12. The molecular weight excluding hydrogens is 360 g/mol. The smallest absolute Gasteiger partial charge is 0.303 e. The lowest BCUT2D eigenvalue weighted by Gasteiger charge is -2.20. The quantitative estimate of drug-likeness (QED) is 0.155. The zero-order valence-corrected chi connectivity index (χ0v) is 18.8. The molecule has 0 rings (SSSR count). The van der Waals surface area contributed by atoms with E-state index >= 15 is 0 Å². The van der Waals surface area contributed by atoms with Crippen LogP contribution in [0.1, 0.15) is 129 Å². The highest BCUT2D eigenvalue weighted by Crippen LogP contribution is 2.19. The Kier molecular flexibility index (Phi) is 20.2. The molecule has 0 radical (unpaired) electrons. The van der Waals surface area contributed by atoms with Gasteiger partial charge in [-0.05, 0) is 25.7 Å². The van der Waals surface area contributed by atoms with Gasteiger partial charge in [0.15, 0.2) is 0 Å². The van der Waals surface area contributed by atoms with Gasteiger partial charge in [0.05, 0.1) is 6.10 Å². The molecule has 0 aliphatic carbocycles. The summed E-state index contributed by atoms with van der Waals surface area (Å²) in [5.74, 6) is -0.729. The minimum absolute atomic E-state index is 0.111. The van der Waals surface area contributed by atoms with Crippen molar-refractivity contribution in [1.82, 2.24) is 0 Å². The molecule has 4 heteroatoms. The van der Waals surface area contributed by atoms with Crippen LogP contribution in [0.25, 0.3) is 0 Å². The number of hydrogen-bond acceptors (Lipinski definition) is 2. The first kappa shape index (κ1) is 26.7. The fourth-order valence-electron chi connectivity index (χ4n) is 3.46. The molecule has 0 saturated carbocycles. The van der Waals surface area contributed by atoms with Crippen molar-refractivity contribution in [2.45, 2.75) is 141 Å². The molecule has 0 saturated heterocycles. The summed E-state index contributed by atoms with van der Waals surface area (Å²) in [6.07, 6.45) is 21.2. The molecular formula is C23H45ClO3. The van der Waals surface area contributed by atoms with Crippen molar-refractivity contribution < 1.29 is 14.6 Å². The average molecular weight is 405 g/mol. The Morgan fingerprint density at radius 1 is 0.778 bits per heavy atom. The van der Waals surface area contributed by atoms with E-state index in [2.05, 4.69) is 6.92 Å². The number of halogens is 1. The second-order valence-electron chi connectivity index (χ2n) is 7.89. The number of ether oxygens (including phenoxy) is 1. The molecule has 0 aliphatic rings. The summed E-state index contributed by atoms with van der Waals surface area (Å²) in [7, 11) is 0. The summed E-state index contributed by atoms with van der Waals surface area (Å²) in [4.78, 5) is 10.7. The predicted molar refractivity (Wildman–Crippen MR) is 117 cm³/mol. The van der Waals surface area contributed by atoms with E-state index < -0.39 is 5.97 Å². The third-order valence-electron chi connectivity index (χ3n) is 5.21. The molecule has 3 nitrogen and oxygen atoms in total.